The molecule has 0 aromatic carbocycles. The van der Waals surface area contributed by atoms with Crippen LogP contribution in [-0.2, 0) is 6.54 Å². The number of amides is 1. The van der Waals surface area contributed by atoms with Gasteiger partial charge in [-0.25, -0.2) is 0 Å². The molecule has 1 amide bonds. The van der Waals surface area contributed by atoms with Crippen LogP contribution in [-0.4, -0.2) is 40.0 Å². The van der Waals surface area contributed by atoms with Crippen molar-refractivity contribution in [2.45, 2.75) is 45.7 Å². The van der Waals surface area contributed by atoms with E-state index >= 15 is 0 Å². The predicted octanol–water partition coefficient (Wildman–Crippen LogP) is 4.10. The van der Waals surface area contributed by atoms with Gasteiger partial charge >= 0.3 is 0 Å². The predicted molar refractivity (Wildman–Crippen MR) is 116 cm³/mol. The normalized spacial score (nSPS) is 15.8. The SMILES string of the molecule is Cc1cc(C(=O)NCC(c2ccco2)N2CCCCC2)c(C)n1Cc1ccccn1. The number of likely N-dealkylation sites (tertiary alicyclic amines) is 1. The fourth-order valence-corrected chi connectivity index (χ4v) is 4.33. The molecule has 6 nitrogen and oxygen atoms in total. The van der Waals surface area contributed by atoms with Crippen molar-refractivity contribution in [1.29, 1.82) is 0 Å². The minimum atomic E-state index is -0.0380. The lowest BCUT2D eigenvalue weighted by Crippen LogP contribution is -2.40. The first-order valence-corrected chi connectivity index (χ1v) is 10.8. The average molecular weight is 407 g/mol. The van der Waals surface area contributed by atoms with Gasteiger partial charge in [0.05, 0.1) is 30.1 Å². The first-order valence-electron chi connectivity index (χ1n) is 10.8. The Labute approximate surface area is 177 Å². The number of carbonyl (C=O) groups is 1. The quantitative estimate of drug-likeness (QED) is 0.642. The molecule has 1 aliphatic rings. The van der Waals surface area contributed by atoms with Gasteiger partial charge in [-0.05, 0) is 70.1 Å². The van der Waals surface area contributed by atoms with Gasteiger partial charge in [0.25, 0.3) is 5.91 Å². The van der Waals surface area contributed by atoms with Crippen LogP contribution in [0.1, 0.15) is 58.5 Å². The Kier molecular flexibility index (Phi) is 6.33. The van der Waals surface area contributed by atoms with Crippen molar-refractivity contribution in [3.63, 3.8) is 0 Å². The summed E-state index contributed by atoms with van der Waals surface area (Å²) in [7, 11) is 0. The molecule has 1 fully saturated rings. The molecule has 6 heteroatoms. The van der Waals surface area contributed by atoms with Crippen LogP contribution in [0.15, 0.2) is 53.3 Å². The number of pyridine rings is 1. The van der Waals surface area contributed by atoms with Crippen LogP contribution in [0.5, 0.6) is 0 Å². The number of nitrogens with one attached hydrogen (secondary N) is 1. The molecule has 3 aromatic heterocycles. The Morgan fingerprint density at radius 1 is 1.17 bits per heavy atom. The van der Waals surface area contributed by atoms with E-state index in [9.17, 15) is 4.79 Å². The molecule has 158 valence electrons. The molecule has 30 heavy (non-hydrogen) atoms. The number of rotatable bonds is 7. The van der Waals surface area contributed by atoms with E-state index in [2.05, 4.69) is 19.8 Å². The van der Waals surface area contributed by atoms with Gasteiger partial charge < -0.3 is 14.3 Å². The second kappa shape index (κ2) is 9.30. The maximum absolute atomic E-state index is 13.1. The Bertz CT molecular complexity index is 957. The van der Waals surface area contributed by atoms with Crippen LogP contribution in [0.25, 0.3) is 0 Å². The maximum Gasteiger partial charge on any atom is 0.253 e. The third-order valence-corrected chi connectivity index (χ3v) is 6.02. The molecule has 1 N–H and O–H groups in total. The minimum Gasteiger partial charge on any atom is -0.468 e. The molecule has 0 radical (unpaired) electrons. The zero-order chi connectivity index (χ0) is 20.9. The summed E-state index contributed by atoms with van der Waals surface area (Å²) in [4.78, 5) is 19.9. The summed E-state index contributed by atoms with van der Waals surface area (Å²) >= 11 is 0. The van der Waals surface area contributed by atoms with E-state index < -0.39 is 0 Å². The largest absolute Gasteiger partial charge is 0.468 e. The first-order chi connectivity index (χ1) is 14.6. The number of hydrogen-bond acceptors (Lipinski definition) is 4. The maximum atomic E-state index is 13.1. The molecule has 1 aliphatic heterocycles. The fourth-order valence-electron chi connectivity index (χ4n) is 4.33. The number of carbonyl (C=O) groups excluding carboxylic acids is 1. The van der Waals surface area contributed by atoms with Crippen LogP contribution in [0.4, 0.5) is 0 Å². The highest BCUT2D eigenvalue weighted by Gasteiger charge is 2.26. The second-order valence-electron chi connectivity index (χ2n) is 8.03. The van der Waals surface area contributed by atoms with Crippen LogP contribution in [0.2, 0.25) is 0 Å². The Balaban J connectivity index is 1.47. The lowest BCUT2D eigenvalue weighted by atomic mass is 10.1. The van der Waals surface area contributed by atoms with Crippen molar-refractivity contribution < 1.29 is 9.21 Å². The molecule has 1 saturated heterocycles. The number of aryl methyl sites for hydroxylation is 1. The summed E-state index contributed by atoms with van der Waals surface area (Å²) in [5.41, 5.74) is 3.72. The fraction of sp³-hybridized carbons (Fsp3) is 0.417. The van der Waals surface area contributed by atoms with Gasteiger partial charge in [0.2, 0.25) is 0 Å². The number of hydrogen-bond donors (Lipinski definition) is 1. The molecule has 0 spiro atoms. The Morgan fingerprint density at radius 2 is 2.00 bits per heavy atom. The van der Waals surface area contributed by atoms with Gasteiger partial charge in [-0.3, -0.25) is 14.7 Å². The Morgan fingerprint density at radius 3 is 2.70 bits per heavy atom. The molecule has 1 atom stereocenters. The summed E-state index contributed by atoms with van der Waals surface area (Å²) in [5, 5.41) is 3.16. The molecule has 0 saturated carbocycles. The Hall–Kier alpha value is -2.86. The van der Waals surface area contributed by atoms with Crippen LogP contribution < -0.4 is 5.32 Å². The van der Waals surface area contributed by atoms with Crippen molar-refractivity contribution in [2.24, 2.45) is 0 Å². The van der Waals surface area contributed by atoms with Crippen molar-refractivity contribution in [2.75, 3.05) is 19.6 Å². The van der Waals surface area contributed by atoms with E-state index in [1.807, 2.05) is 50.2 Å². The van der Waals surface area contributed by atoms with Crippen molar-refractivity contribution in [3.8, 4) is 0 Å². The average Bonchev–Trinajstić information content (AvgIpc) is 3.40. The number of aromatic nitrogens is 2. The third kappa shape index (κ3) is 4.49. The van der Waals surface area contributed by atoms with Crippen LogP contribution >= 0.6 is 0 Å². The van der Waals surface area contributed by atoms with E-state index in [1.54, 1.807) is 12.5 Å². The molecule has 4 heterocycles. The summed E-state index contributed by atoms with van der Waals surface area (Å²) < 4.78 is 7.84. The molecule has 0 bridgehead atoms. The molecule has 4 rings (SSSR count). The van der Waals surface area contributed by atoms with Crippen LogP contribution in [0.3, 0.4) is 0 Å². The van der Waals surface area contributed by atoms with E-state index in [0.29, 0.717) is 13.1 Å². The lowest BCUT2D eigenvalue weighted by molar-refractivity contribution is 0.0913. The van der Waals surface area contributed by atoms with Gasteiger partial charge in [0, 0.05) is 24.1 Å². The van der Waals surface area contributed by atoms with Crippen molar-refractivity contribution >= 4 is 5.91 Å². The van der Waals surface area contributed by atoms with Gasteiger partial charge in [-0.1, -0.05) is 12.5 Å². The summed E-state index contributed by atoms with van der Waals surface area (Å²) in [6, 6.07) is 11.9. The number of nitrogens with zero attached hydrogens (tertiary/aromatic N) is 3. The number of piperidine rings is 1. The van der Waals surface area contributed by atoms with E-state index in [4.69, 9.17) is 4.42 Å². The molecule has 3 aromatic rings. The number of furan rings is 1. The molecular formula is C24H30N4O2. The minimum absolute atomic E-state index is 0.0380. The topological polar surface area (TPSA) is 63.3 Å². The summed E-state index contributed by atoms with van der Waals surface area (Å²) in [6.45, 7) is 7.32. The standard InChI is InChI=1S/C24H30N4O2/c1-18-15-21(19(2)28(18)17-20-9-4-5-11-25-20)24(29)26-16-22(23-10-8-14-30-23)27-12-6-3-7-13-27/h4-5,8-11,14-15,22H,3,6-7,12-13,16-17H2,1-2H3,(H,26,29). The highest BCUT2D eigenvalue weighted by atomic mass is 16.3. The summed E-state index contributed by atoms with van der Waals surface area (Å²) in [5.74, 6) is 0.877. The zero-order valence-electron chi connectivity index (χ0n) is 17.8. The van der Waals surface area contributed by atoms with E-state index in [0.717, 1.165) is 41.5 Å². The van der Waals surface area contributed by atoms with Crippen molar-refractivity contribution in [1.82, 2.24) is 19.8 Å². The smallest absolute Gasteiger partial charge is 0.253 e. The molecule has 0 aliphatic carbocycles. The highest BCUT2D eigenvalue weighted by Crippen LogP contribution is 2.25. The summed E-state index contributed by atoms with van der Waals surface area (Å²) in [6.07, 6.45) is 7.17. The van der Waals surface area contributed by atoms with Crippen LogP contribution in [0, 0.1) is 13.8 Å². The molecular weight excluding hydrogens is 376 g/mol. The zero-order valence-corrected chi connectivity index (χ0v) is 17.8. The monoisotopic (exact) mass is 406 g/mol. The lowest BCUT2D eigenvalue weighted by Gasteiger charge is -2.33. The van der Waals surface area contributed by atoms with Gasteiger partial charge in [-0.2, -0.15) is 0 Å². The molecule has 1 unspecified atom stereocenters. The third-order valence-electron chi connectivity index (χ3n) is 6.02. The van der Waals surface area contributed by atoms with Crippen molar-refractivity contribution in [3.05, 3.63) is 77.3 Å². The second-order valence-corrected chi connectivity index (χ2v) is 8.03. The highest BCUT2D eigenvalue weighted by molar-refractivity contribution is 5.95. The first kappa shape index (κ1) is 20.4. The van der Waals surface area contributed by atoms with E-state index in [-0.39, 0.29) is 11.9 Å². The van der Waals surface area contributed by atoms with Gasteiger partial charge in [0.1, 0.15) is 5.76 Å². The van der Waals surface area contributed by atoms with Gasteiger partial charge in [-0.15, -0.1) is 0 Å². The van der Waals surface area contributed by atoms with Gasteiger partial charge in [0.15, 0.2) is 0 Å². The van der Waals surface area contributed by atoms with E-state index in [1.165, 1.54) is 19.3 Å².